The summed E-state index contributed by atoms with van der Waals surface area (Å²) < 4.78 is 5.83. The normalized spacial score (nSPS) is 37.7. The van der Waals surface area contributed by atoms with E-state index in [4.69, 9.17) is 4.74 Å². The molecule has 5 rings (SSSR count). The summed E-state index contributed by atoms with van der Waals surface area (Å²) in [4.78, 5) is 0. The quantitative estimate of drug-likeness (QED) is 0.815. The van der Waals surface area contributed by atoms with E-state index in [0.717, 1.165) is 32.5 Å². The van der Waals surface area contributed by atoms with Gasteiger partial charge in [-0.25, -0.2) is 0 Å². The van der Waals surface area contributed by atoms with E-state index >= 15 is 0 Å². The van der Waals surface area contributed by atoms with Crippen LogP contribution in [0.1, 0.15) is 30.9 Å². The van der Waals surface area contributed by atoms with Crippen LogP contribution in [0.15, 0.2) is 18.2 Å². The Labute approximate surface area is 102 Å². The molecule has 1 aromatic rings. The standard InChI is InChI=1S/C14H18N2O/c1-13-7-14(8-13,9-17-13)16-12-4-2-3-10-5-15-6-11(10)12/h2-4,15-16H,5-9H2,1H3. The van der Waals surface area contributed by atoms with Gasteiger partial charge in [0.1, 0.15) is 0 Å². The van der Waals surface area contributed by atoms with Gasteiger partial charge < -0.3 is 15.4 Å². The average Bonchev–Trinajstić information content (AvgIpc) is 2.90. The first-order chi connectivity index (χ1) is 8.18. The summed E-state index contributed by atoms with van der Waals surface area (Å²) >= 11 is 0. The van der Waals surface area contributed by atoms with Gasteiger partial charge in [-0.05, 0) is 24.1 Å². The second-order valence-corrected chi connectivity index (χ2v) is 6.04. The number of anilines is 1. The fraction of sp³-hybridized carbons (Fsp3) is 0.571. The molecule has 2 saturated heterocycles. The molecule has 3 nitrogen and oxygen atoms in total. The van der Waals surface area contributed by atoms with Crippen molar-refractivity contribution < 1.29 is 4.74 Å². The Kier molecular flexibility index (Phi) is 1.77. The number of fused-ring (bicyclic) bond motifs is 2. The molecule has 0 radical (unpaired) electrons. The second kappa shape index (κ2) is 3.03. The van der Waals surface area contributed by atoms with Crippen LogP contribution in [0.4, 0.5) is 5.69 Å². The molecule has 90 valence electrons. The van der Waals surface area contributed by atoms with Crippen molar-refractivity contribution in [2.75, 3.05) is 11.9 Å². The lowest BCUT2D eigenvalue weighted by molar-refractivity contribution is 0.0188. The smallest absolute Gasteiger partial charge is 0.0706 e. The molecule has 3 fully saturated rings. The highest BCUT2D eigenvalue weighted by Crippen LogP contribution is 2.53. The molecule has 1 saturated carbocycles. The van der Waals surface area contributed by atoms with Crippen LogP contribution in [0.2, 0.25) is 0 Å². The van der Waals surface area contributed by atoms with Gasteiger partial charge in [0.15, 0.2) is 0 Å². The van der Waals surface area contributed by atoms with Crippen LogP contribution >= 0.6 is 0 Å². The Bertz CT molecular complexity index is 477. The molecular weight excluding hydrogens is 212 g/mol. The Morgan fingerprint density at radius 3 is 2.94 bits per heavy atom. The molecule has 2 N–H and O–H groups in total. The molecule has 0 spiro atoms. The van der Waals surface area contributed by atoms with Gasteiger partial charge in [-0.3, -0.25) is 0 Å². The summed E-state index contributed by atoms with van der Waals surface area (Å²) in [6.07, 6.45) is 2.30. The highest BCUT2D eigenvalue weighted by atomic mass is 16.5. The van der Waals surface area contributed by atoms with Gasteiger partial charge in [0, 0.05) is 31.6 Å². The highest BCUT2D eigenvalue weighted by Gasteiger charge is 2.60. The Hall–Kier alpha value is -1.06. The lowest BCUT2D eigenvalue weighted by Gasteiger charge is -2.43. The van der Waals surface area contributed by atoms with Crippen molar-refractivity contribution in [3.05, 3.63) is 29.3 Å². The summed E-state index contributed by atoms with van der Waals surface area (Å²) in [5, 5.41) is 7.16. The lowest BCUT2D eigenvalue weighted by atomic mass is 9.69. The van der Waals surface area contributed by atoms with E-state index in [-0.39, 0.29) is 11.1 Å². The summed E-state index contributed by atoms with van der Waals surface area (Å²) in [5.74, 6) is 0. The average molecular weight is 230 g/mol. The van der Waals surface area contributed by atoms with Crippen molar-refractivity contribution in [1.82, 2.24) is 5.32 Å². The van der Waals surface area contributed by atoms with Crippen LogP contribution in [0.25, 0.3) is 0 Å². The summed E-state index contributed by atoms with van der Waals surface area (Å²) in [5.41, 5.74) is 4.56. The molecule has 3 heteroatoms. The summed E-state index contributed by atoms with van der Waals surface area (Å²) in [6, 6.07) is 6.57. The maximum absolute atomic E-state index is 5.83. The largest absolute Gasteiger partial charge is 0.377 e. The Morgan fingerprint density at radius 2 is 2.18 bits per heavy atom. The minimum Gasteiger partial charge on any atom is -0.377 e. The number of benzene rings is 1. The van der Waals surface area contributed by atoms with Crippen molar-refractivity contribution >= 4 is 5.69 Å². The summed E-state index contributed by atoms with van der Waals surface area (Å²) in [6.45, 7) is 5.08. The summed E-state index contributed by atoms with van der Waals surface area (Å²) in [7, 11) is 0. The molecule has 0 unspecified atom stereocenters. The topological polar surface area (TPSA) is 33.3 Å². The molecule has 17 heavy (non-hydrogen) atoms. The van der Waals surface area contributed by atoms with E-state index in [9.17, 15) is 0 Å². The first kappa shape index (κ1) is 9.92. The third-order valence-electron chi connectivity index (χ3n) is 4.41. The Morgan fingerprint density at radius 1 is 1.29 bits per heavy atom. The first-order valence-electron chi connectivity index (χ1n) is 6.42. The van der Waals surface area contributed by atoms with Gasteiger partial charge in [0.2, 0.25) is 0 Å². The zero-order valence-corrected chi connectivity index (χ0v) is 10.2. The molecule has 0 atom stereocenters. The van der Waals surface area contributed by atoms with E-state index in [2.05, 4.69) is 35.8 Å². The minimum absolute atomic E-state index is 0.156. The van der Waals surface area contributed by atoms with Crippen molar-refractivity contribution in [2.45, 2.75) is 44.0 Å². The minimum atomic E-state index is 0.156. The maximum atomic E-state index is 5.83. The fourth-order valence-corrected chi connectivity index (χ4v) is 3.75. The first-order valence-corrected chi connectivity index (χ1v) is 6.42. The third kappa shape index (κ3) is 1.36. The van der Waals surface area contributed by atoms with Crippen LogP contribution in [0.5, 0.6) is 0 Å². The Balaban J connectivity index is 1.63. The fourth-order valence-electron chi connectivity index (χ4n) is 3.75. The molecule has 0 aromatic heterocycles. The zero-order chi connectivity index (χ0) is 11.5. The van der Waals surface area contributed by atoms with Gasteiger partial charge in [-0.15, -0.1) is 0 Å². The van der Waals surface area contributed by atoms with Crippen molar-refractivity contribution in [2.24, 2.45) is 0 Å². The highest BCUT2D eigenvalue weighted by molar-refractivity contribution is 5.58. The number of hydrogen-bond acceptors (Lipinski definition) is 3. The van der Waals surface area contributed by atoms with E-state index in [1.54, 1.807) is 0 Å². The van der Waals surface area contributed by atoms with Crippen LogP contribution in [-0.2, 0) is 17.8 Å². The van der Waals surface area contributed by atoms with Crippen molar-refractivity contribution in [3.8, 4) is 0 Å². The van der Waals surface area contributed by atoms with Crippen molar-refractivity contribution in [1.29, 1.82) is 0 Å². The molecular formula is C14H18N2O. The molecule has 3 aliphatic heterocycles. The van der Waals surface area contributed by atoms with Crippen LogP contribution in [-0.4, -0.2) is 17.7 Å². The van der Waals surface area contributed by atoms with Gasteiger partial charge >= 0.3 is 0 Å². The molecule has 1 aliphatic carbocycles. The van der Waals surface area contributed by atoms with E-state index in [0.29, 0.717) is 0 Å². The number of ether oxygens (including phenoxy) is 1. The SMILES string of the molecule is CC12CC(Nc3cccc4c3CNC4)(CO1)C2. The molecule has 4 aliphatic rings. The monoisotopic (exact) mass is 230 g/mol. The van der Waals surface area contributed by atoms with E-state index in [1.807, 2.05) is 0 Å². The number of hydrogen-bond donors (Lipinski definition) is 2. The number of rotatable bonds is 2. The van der Waals surface area contributed by atoms with E-state index < -0.39 is 0 Å². The molecule has 0 amide bonds. The predicted molar refractivity (Wildman–Crippen MR) is 66.9 cm³/mol. The second-order valence-electron chi connectivity index (χ2n) is 6.04. The van der Waals surface area contributed by atoms with Gasteiger partial charge in [-0.2, -0.15) is 0 Å². The zero-order valence-electron chi connectivity index (χ0n) is 10.2. The van der Waals surface area contributed by atoms with Gasteiger partial charge in [0.05, 0.1) is 17.7 Å². The predicted octanol–water partition coefficient (Wildman–Crippen LogP) is 2.02. The van der Waals surface area contributed by atoms with Gasteiger partial charge in [-0.1, -0.05) is 12.1 Å². The third-order valence-corrected chi connectivity index (χ3v) is 4.41. The van der Waals surface area contributed by atoms with Crippen LogP contribution in [0.3, 0.4) is 0 Å². The lowest BCUT2D eigenvalue weighted by Crippen LogP contribution is -2.52. The van der Waals surface area contributed by atoms with Gasteiger partial charge in [0.25, 0.3) is 0 Å². The molecule has 3 heterocycles. The van der Waals surface area contributed by atoms with Crippen LogP contribution in [0, 0.1) is 0 Å². The molecule has 1 aromatic carbocycles. The molecule has 2 bridgehead atoms. The maximum Gasteiger partial charge on any atom is 0.0706 e. The van der Waals surface area contributed by atoms with E-state index in [1.165, 1.54) is 16.8 Å². The van der Waals surface area contributed by atoms with Crippen LogP contribution < -0.4 is 10.6 Å². The number of nitrogens with one attached hydrogen (secondary N) is 2. The van der Waals surface area contributed by atoms with Crippen molar-refractivity contribution in [3.63, 3.8) is 0 Å².